The van der Waals surface area contributed by atoms with Gasteiger partial charge in [-0.05, 0) is 18.9 Å². The van der Waals surface area contributed by atoms with Crippen LogP contribution in [0.1, 0.15) is 25.3 Å². The quantitative estimate of drug-likeness (QED) is 0.584. The Hall–Kier alpha value is -1.69. The summed E-state index contributed by atoms with van der Waals surface area (Å²) in [6.45, 7) is 3.98. The van der Waals surface area contributed by atoms with Gasteiger partial charge in [-0.2, -0.15) is 0 Å². The molecular weight excluding hydrogens is 222 g/mol. The van der Waals surface area contributed by atoms with Gasteiger partial charge in [0, 0.05) is 18.8 Å². The maximum absolute atomic E-state index is 10.8. The first-order chi connectivity index (χ1) is 8.04. The molecule has 0 amide bonds. The van der Waals surface area contributed by atoms with E-state index in [0.717, 1.165) is 12.0 Å². The van der Waals surface area contributed by atoms with Crippen LogP contribution in [0.25, 0.3) is 0 Å². The number of pyridine rings is 1. The summed E-state index contributed by atoms with van der Waals surface area (Å²) in [5.74, 6) is 0.204. The Bertz CT molecular complexity index is 396. The molecule has 1 atom stereocenters. The Morgan fingerprint density at radius 1 is 1.65 bits per heavy atom. The van der Waals surface area contributed by atoms with Crippen molar-refractivity contribution in [2.45, 2.75) is 32.8 Å². The fourth-order valence-corrected chi connectivity index (χ4v) is 1.48. The summed E-state index contributed by atoms with van der Waals surface area (Å²) in [6, 6.07) is 1.46. The molecule has 0 radical (unpaired) electrons. The van der Waals surface area contributed by atoms with Crippen LogP contribution < -0.4 is 5.32 Å². The van der Waals surface area contributed by atoms with Gasteiger partial charge in [0.1, 0.15) is 0 Å². The number of aryl methyl sites for hydroxylation is 1. The number of aromatic nitrogens is 1. The van der Waals surface area contributed by atoms with E-state index in [9.17, 15) is 15.2 Å². The lowest BCUT2D eigenvalue weighted by atomic mass is 10.2. The van der Waals surface area contributed by atoms with E-state index >= 15 is 0 Å². The number of nitrogens with zero attached hydrogens (tertiary/aromatic N) is 2. The molecule has 94 valence electrons. The Kier molecular flexibility index (Phi) is 4.84. The summed E-state index contributed by atoms with van der Waals surface area (Å²) in [4.78, 5) is 14.3. The summed E-state index contributed by atoms with van der Waals surface area (Å²) in [5, 5.41) is 23.1. The molecular formula is C11H17N3O3. The first-order valence-electron chi connectivity index (χ1n) is 5.57. The molecule has 0 aliphatic heterocycles. The van der Waals surface area contributed by atoms with Crippen LogP contribution in [0.15, 0.2) is 12.3 Å². The Labute approximate surface area is 99.8 Å². The molecule has 0 fully saturated rings. The van der Waals surface area contributed by atoms with Crippen molar-refractivity contribution in [3.05, 3.63) is 27.9 Å². The highest BCUT2D eigenvalue weighted by molar-refractivity contribution is 5.56. The summed E-state index contributed by atoms with van der Waals surface area (Å²) < 4.78 is 0. The summed E-state index contributed by atoms with van der Waals surface area (Å²) in [5.41, 5.74) is 0.671. The van der Waals surface area contributed by atoms with Crippen LogP contribution in [0.3, 0.4) is 0 Å². The SMILES string of the molecule is CCCC(O)CNc1ncc(C)cc1[N+](=O)[O-]. The zero-order chi connectivity index (χ0) is 12.8. The normalized spacial score (nSPS) is 12.2. The van der Waals surface area contributed by atoms with Crippen LogP contribution in [0.2, 0.25) is 0 Å². The van der Waals surface area contributed by atoms with Crippen LogP contribution in [0, 0.1) is 17.0 Å². The second-order valence-corrected chi connectivity index (χ2v) is 3.96. The van der Waals surface area contributed by atoms with E-state index in [1.807, 2.05) is 6.92 Å². The highest BCUT2D eigenvalue weighted by Crippen LogP contribution is 2.22. The third kappa shape index (κ3) is 3.99. The molecule has 2 N–H and O–H groups in total. The van der Waals surface area contributed by atoms with Gasteiger partial charge in [-0.25, -0.2) is 4.98 Å². The molecule has 0 aliphatic carbocycles. The molecule has 0 aromatic carbocycles. The molecule has 1 aromatic heterocycles. The minimum absolute atomic E-state index is 0.0614. The van der Waals surface area contributed by atoms with E-state index in [-0.39, 0.29) is 18.1 Å². The van der Waals surface area contributed by atoms with Crippen LogP contribution in [0.4, 0.5) is 11.5 Å². The molecule has 0 aliphatic rings. The van der Waals surface area contributed by atoms with Gasteiger partial charge in [-0.1, -0.05) is 13.3 Å². The highest BCUT2D eigenvalue weighted by Gasteiger charge is 2.15. The highest BCUT2D eigenvalue weighted by atomic mass is 16.6. The average Bonchev–Trinajstić information content (AvgIpc) is 2.27. The van der Waals surface area contributed by atoms with Crippen molar-refractivity contribution in [1.82, 2.24) is 4.98 Å². The Morgan fingerprint density at radius 3 is 2.94 bits per heavy atom. The van der Waals surface area contributed by atoms with Crippen LogP contribution in [0.5, 0.6) is 0 Å². The third-order valence-electron chi connectivity index (χ3n) is 2.33. The molecule has 1 aromatic rings. The number of anilines is 1. The van der Waals surface area contributed by atoms with E-state index in [4.69, 9.17) is 0 Å². The number of rotatable bonds is 6. The largest absolute Gasteiger partial charge is 0.391 e. The monoisotopic (exact) mass is 239 g/mol. The third-order valence-corrected chi connectivity index (χ3v) is 2.33. The number of hydrogen-bond acceptors (Lipinski definition) is 5. The number of hydrogen-bond donors (Lipinski definition) is 2. The fraction of sp³-hybridized carbons (Fsp3) is 0.545. The molecule has 0 saturated carbocycles. The minimum Gasteiger partial charge on any atom is -0.391 e. The second-order valence-electron chi connectivity index (χ2n) is 3.96. The van der Waals surface area contributed by atoms with Gasteiger partial charge in [0.15, 0.2) is 0 Å². The molecule has 1 unspecified atom stereocenters. The first-order valence-corrected chi connectivity index (χ1v) is 5.57. The number of aliphatic hydroxyl groups is 1. The second kappa shape index (κ2) is 6.15. The van der Waals surface area contributed by atoms with Gasteiger partial charge in [-0.15, -0.1) is 0 Å². The number of nitro groups is 1. The van der Waals surface area contributed by atoms with Gasteiger partial charge in [0.05, 0.1) is 11.0 Å². The Balaban J connectivity index is 2.73. The van der Waals surface area contributed by atoms with E-state index in [1.165, 1.54) is 6.07 Å². The van der Waals surface area contributed by atoms with Crippen molar-refractivity contribution < 1.29 is 10.0 Å². The molecule has 0 saturated heterocycles. The molecule has 1 heterocycles. The van der Waals surface area contributed by atoms with Crippen molar-refractivity contribution in [2.24, 2.45) is 0 Å². The van der Waals surface area contributed by atoms with Crippen molar-refractivity contribution in [1.29, 1.82) is 0 Å². The predicted octanol–water partition coefficient (Wildman–Crippen LogP) is 1.87. The lowest BCUT2D eigenvalue weighted by Crippen LogP contribution is -2.20. The summed E-state index contributed by atoms with van der Waals surface area (Å²) in [7, 11) is 0. The zero-order valence-electron chi connectivity index (χ0n) is 10.0. The van der Waals surface area contributed by atoms with Crippen molar-refractivity contribution in [3.8, 4) is 0 Å². The topological polar surface area (TPSA) is 88.3 Å². The van der Waals surface area contributed by atoms with E-state index in [0.29, 0.717) is 6.42 Å². The molecule has 17 heavy (non-hydrogen) atoms. The fourth-order valence-electron chi connectivity index (χ4n) is 1.48. The van der Waals surface area contributed by atoms with E-state index < -0.39 is 11.0 Å². The van der Waals surface area contributed by atoms with Gasteiger partial charge < -0.3 is 10.4 Å². The molecule has 6 nitrogen and oxygen atoms in total. The van der Waals surface area contributed by atoms with Crippen molar-refractivity contribution >= 4 is 11.5 Å². The van der Waals surface area contributed by atoms with Crippen molar-refractivity contribution in [2.75, 3.05) is 11.9 Å². The average molecular weight is 239 g/mol. The van der Waals surface area contributed by atoms with E-state index in [2.05, 4.69) is 10.3 Å². The maximum Gasteiger partial charge on any atom is 0.311 e. The molecule has 6 heteroatoms. The maximum atomic E-state index is 10.8. The van der Waals surface area contributed by atoms with Crippen molar-refractivity contribution in [3.63, 3.8) is 0 Å². The lowest BCUT2D eigenvalue weighted by molar-refractivity contribution is -0.384. The standard InChI is InChI=1S/C11H17N3O3/c1-3-4-9(15)7-13-11-10(14(16)17)5-8(2)6-12-11/h5-6,9,15H,3-4,7H2,1-2H3,(H,12,13). The van der Waals surface area contributed by atoms with Crippen LogP contribution in [-0.4, -0.2) is 27.7 Å². The van der Waals surface area contributed by atoms with Gasteiger partial charge in [-0.3, -0.25) is 10.1 Å². The smallest absolute Gasteiger partial charge is 0.311 e. The first kappa shape index (κ1) is 13.4. The molecule has 0 spiro atoms. The number of aliphatic hydroxyl groups excluding tert-OH is 1. The molecule has 1 rings (SSSR count). The van der Waals surface area contributed by atoms with Gasteiger partial charge in [0.25, 0.3) is 0 Å². The van der Waals surface area contributed by atoms with Crippen LogP contribution >= 0.6 is 0 Å². The zero-order valence-corrected chi connectivity index (χ0v) is 10.0. The Morgan fingerprint density at radius 2 is 2.35 bits per heavy atom. The summed E-state index contributed by atoms with van der Waals surface area (Å²) >= 11 is 0. The molecule has 0 bridgehead atoms. The van der Waals surface area contributed by atoms with Gasteiger partial charge >= 0.3 is 5.69 Å². The number of nitrogens with one attached hydrogen (secondary N) is 1. The summed E-state index contributed by atoms with van der Waals surface area (Å²) in [6.07, 6.45) is 2.57. The lowest BCUT2D eigenvalue weighted by Gasteiger charge is -2.11. The van der Waals surface area contributed by atoms with Gasteiger partial charge in [0.2, 0.25) is 5.82 Å². The van der Waals surface area contributed by atoms with Crippen LogP contribution in [-0.2, 0) is 0 Å². The van der Waals surface area contributed by atoms with E-state index in [1.54, 1.807) is 13.1 Å². The predicted molar refractivity (Wildman–Crippen MR) is 65.0 cm³/mol. The minimum atomic E-state index is -0.511.